The zero-order valence-electron chi connectivity index (χ0n) is 8.43. The summed E-state index contributed by atoms with van der Waals surface area (Å²) in [6, 6.07) is 5.00. The quantitative estimate of drug-likeness (QED) is 0.591. The predicted octanol–water partition coefficient (Wildman–Crippen LogP) is 3.54. The third-order valence-corrected chi connectivity index (χ3v) is 2.05. The topological polar surface area (TPSA) is 22.1 Å². The standard InChI is InChI=1S/C10H11ClF3NO/c11-7-8-3-1-4-9(15-8)16-6-2-5-10(12,13)14/h1,3-4H,2,5-7H2. The fraction of sp³-hybridized carbons (Fsp3) is 0.500. The molecular formula is C10H11ClF3NO. The number of nitrogens with zero attached hydrogens (tertiary/aromatic N) is 1. The Morgan fingerprint density at radius 2 is 2.06 bits per heavy atom. The highest BCUT2D eigenvalue weighted by atomic mass is 35.5. The Balaban J connectivity index is 2.32. The summed E-state index contributed by atoms with van der Waals surface area (Å²) in [4.78, 5) is 3.99. The maximum absolute atomic E-state index is 11.8. The normalized spacial score (nSPS) is 11.5. The molecule has 0 fully saturated rings. The summed E-state index contributed by atoms with van der Waals surface area (Å²) in [5.74, 6) is 0.556. The van der Waals surface area contributed by atoms with Crippen LogP contribution in [-0.4, -0.2) is 17.8 Å². The second-order valence-electron chi connectivity index (χ2n) is 3.17. The molecule has 90 valence electrons. The SMILES string of the molecule is FC(F)(F)CCCOc1cccc(CCl)n1. The van der Waals surface area contributed by atoms with Gasteiger partial charge in [0.1, 0.15) is 0 Å². The number of ether oxygens (including phenoxy) is 1. The van der Waals surface area contributed by atoms with Gasteiger partial charge in [-0.1, -0.05) is 6.07 Å². The first-order valence-corrected chi connectivity index (χ1v) is 5.26. The Morgan fingerprint density at radius 3 is 2.69 bits per heavy atom. The number of alkyl halides is 4. The largest absolute Gasteiger partial charge is 0.478 e. The van der Waals surface area contributed by atoms with E-state index in [9.17, 15) is 13.2 Å². The molecule has 0 bridgehead atoms. The third kappa shape index (κ3) is 5.21. The summed E-state index contributed by atoms with van der Waals surface area (Å²) in [6.45, 7) is -0.00174. The van der Waals surface area contributed by atoms with Crippen LogP contribution in [0.25, 0.3) is 0 Å². The molecule has 0 aliphatic rings. The minimum absolute atomic E-state index is 0.00174. The van der Waals surface area contributed by atoms with Gasteiger partial charge in [-0.2, -0.15) is 13.2 Å². The van der Waals surface area contributed by atoms with E-state index in [4.69, 9.17) is 16.3 Å². The summed E-state index contributed by atoms with van der Waals surface area (Å²) in [5.41, 5.74) is 0.634. The van der Waals surface area contributed by atoms with E-state index in [1.54, 1.807) is 18.2 Å². The van der Waals surface area contributed by atoms with E-state index in [-0.39, 0.29) is 18.9 Å². The molecule has 6 heteroatoms. The second kappa shape index (κ2) is 5.94. The predicted molar refractivity (Wildman–Crippen MR) is 54.6 cm³/mol. The maximum Gasteiger partial charge on any atom is 0.389 e. The van der Waals surface area contributed by atoms with E-state index in [1.165, 1.54) is 0 Å². The Bertz CT molecular complexity index is 330. The average molecular weight is 254 g/mol. The van der Waals surface area contributed by atoms with Gasteiger partial charge in [0.15, 0.2) is 0 Å². The van der Waals surface area contributed by atoms with Crippen molar-refractivity contribution in [3.05, 3.63) is 23.9 Å². The summed E-state index contributed by atoms with van der Waals surface area (Å²) in [5, 5.41) is 0. The number of hydrogen-bond acceptors (Lipinski definition) is 2. The first-order chi connectivity index (χ1) is 7.51. The van der Waals surface area contributed by atoms with Crippen LogP contribution >= 0.6 is 11.6 Å². The van der Waals surface area contributed by atoms with E-state index in [2.05, 4.69) is 4.98 Å². The Hall–Kier alpha value is -0.970. The van der Waals surface area contributed by atoms with Crippen molar-refractivity contribution >= 4 is 11.6 Å². The van der Waals surface area contributed by atoms with Crippen molar-refractivity contribution in [2.75, 3.05) is 6.61 Å². The van der Waals surface area contributed by atoms with Crippen LogP contribution in [0.4, 0.5) is 13.2 Å². The lowest BCUT2D eigenvalue weighted by Gasteiger charge is -2.07. The van der Waals surface area contributed by atoms with Gasteiger partial charge in [-0.25, -0.2) is 4.98 Å². The summed E-state index contributed by atoms with van der Waals surface area (Å²) in [7, 11) is 0. The van der Waals surface area contributed by atoms with Crippen LogP contribution in [0.2, 0.25) is 0 Å². The van der Waals surface area contributed by atoms with Gasteiger partial charge in [0, 0.05) is 12.5 Å². The Morgan fingerprint density at radius 1 is 1.31 bits per heavy atom. The molecule has 0 aromatic carbocycles. The molecule has 0 N–H and O–H groups in total. The van der Waals surface area contributed by atoms with Gasteiger partial charge in [0.05, 0.1) is 18.2 Å². The van der Waals surface area contributed by atoms with Crippen molar-refractivity contribution in [2.24, 2.45) is 0 Å². The fourth-order valence-corrected chi connectivity index (χ4v) is 1.21. The molecular weight excluding hydrogens is 243 g/mol. The molecule has 0 aliphatic carbocycles. The van der Waals surface area contributed by atoms with E-state index >= 15 is 0 Å². The number of hydrogen-bond donors (Lipinski definition) is 0. The minimum atomic E-state index is -4.13. The number of halogens is 4. The van der Waals surface area contributed by atoms with E-state index in [1.807, 2.05) is 0 Å². The van der Waals surface area contributed by atoms with Gasteiger partial charge < -0.3 is 4.74 Å². The van der Waals surface area contributed by atoms with Crippen LogP contribution in [0.1, 0.15) is 18.5 Å². The summed E-state index contributed by atoms with van der Waals surface area (Å²) >= 11 is 5.55. The Kier molecular flexibility index (Phi) is 4.86. The first-order valence-electron chi connectivity index (χ1n) is 4.73. The molecule has 0 spiro atoms. The van der Waals surface area contributed by atoms with Gasteiger partial charge in [-0.3, -0.25) is 0 Å². The van der Waals surface area contributed by atoms with Crippen molar-refractivity contribution < 1.29 is 17.9 Å². The molecule has 0 atom stereocenters. The molecule has 0 amide bonds. The third-order valence-electron chi connectivity index (χ3n) is 1.77. The highest BCUT2D eigenvalue weighted by Gasteiger charge is 2.26. The second-order valence-corrected chi connectivity index (χ2v) is 3.44. The van der Waals surface area contributed by atoms with Crippen LogP contribution in [0.5, 0.6) is 5.88 Å². The van der Waals surface area contributed by atoms with Crippen LogP contribution < -0.4 is 4.74 Å². The van der Waals surface area contributed by atoms with Gasteiger partial charge >= 0.3 is 6.18 Å². The van der Waals surface area contributed by atoms with Crippen molar-refractivity contribution in [3.63, 3.8) is 0 Å². The maximum atomic E-state index is 11.8. The number of pyridine rings is 1. The van der Waals surface area contributed by atoms with Crippen molar-refractivity contribution in [1.82, 2.24) is 4.98 Å². The molecule has 2 nitrogen and oxygen atoms in total. The zero-order chi connectivity index (χ0) is 12.0. The molecule has 0 unspecified atom stereocenters. The lowest BCUT2D eigenvalue weighted by atomic mass is 10.3. The molecule has 0 radical (unpaired) electrons. The molecule has 0 aliphatic heterocycles. The van der Waals surface area contributed by atoms with Crippen LogP contribution in [-0.2, 0) is 5.88 Å². The number of rotatable bonds is 5. The van der Waals surface area contributed by atoms with Crippen molar-refractivity contribution in [2.45, 2.75) is 24.9 Å². The van der Waals surface area contributed by atoms with Gasteiger partial charge in [-0.15, -0.1) is 11.6 Å². The van der Waals surface area contributed by atoms with Gasteiger partial charge in [0.25, 0.3) is 0 Å². The molecule has 1 heterocycles. The lowest BCUT2D eigenvalue weighted by molar-refractivity contribution is -0.136. The van der Waals surface area contributed by atoms with Crippen LogP contribution in [0.3, 0.4) is 0 Å². The molecule has 0 saturated heterocycles. The monoisotopic (exact) mass is 253 g/mol. The van der Waals surface area contributed by atoms with E-state index < -0.39 is 12.6 Å². The molecule has 16 heavy (non-hydrogen) atoms. The van der Waals surface area contributed by atoms with Gasteiger partial charge in [0.2, 0.25) is 5.88 Å². The highest BCUT2D eigenvalue weighted by Crippen LogP contribution is 2.21. The molecule has 1 aromatic heterocycles. The highest BCUT2D eigenvalue weighted by molar-refractivity contribution is 6.16. The van der Waals surface area contributed by atoms with Gasteiger partial charge in [-0.05, 0) is 12.5 Å². The first kappa shape index (κ1) is 13.1. The fourth-order valence-electron chi connectivity index (χ4n) is 1.06. The summed E-state index contributed by atoms with van der Waals surface area (Å²) < 4.78 is 40.5. The summed E-state index contributed by atoms with van der Waals surface area (Å²) in [6.07, 6.45) is -5.05. The smallest absolute Gasteiger partial charge is 0.389 e. The Labute approximate surface area is 96.4 Å². The van der Waals surface area contributed by atoms with Crippen molar-refractivity contribution in [1.29, 1.82) is 0 Å². The minimum Gasteiger partial charge on any atom is -0.478 e. The van der Waals surface area contributed by atoms with Crippen LogP contribution in [0.15, 0.2) is 18.2 Å². The van der Waals surface area contributed by atoms with E-state index in [0.717, 1.165) is 0 Å². The molecule has 0 saturated carbocycles. The zero-order valence-corrected chi connectivity index (χ0v) is 9.18. The van der Waals surface area contributed by atoms with Crippen LogP contribution in [0, 0.1) is 0 Å². The number of aromatic nitrogens is 1. The lowest BCUT2D eigenvalue weighted by Crippen LogP contribution is -2.10. The average Bonchev–Trinajstić information content (AvgIpc) is 2.23. The molecule has 1 rings (SSSR count). The van der Waals surface area contributed by atoms with Crippen molar-refractivity contribution in [3.8, 4) is 5.88 Å². The molecule has 1 aromatic rings. The van der Waals surface area contributed by atoms with E-state index in [0.29, 0.717) is 11.6 Å².